The van der Waals surface area contributed by atoms with E-state index in [0.717, 1.165) is 19.0 Å². The van der Waals surface area contributed by atoms with Gasteiger partial charge in [-0.15, -0.1) is 0 Å². The van der Waals surface area contributed by atoms with Crippen LogP contribution in [-0.4, -0.2) is 19.1 Å². The first-order chi connectivity index (χ1) is 6.87. The molecule has 1 saturated carbocycles. The van der Waals surface area contributed by atoms with E-state index in [9.17, 15) is 0 Å². The summed E-state index contributed by atoms with van der Waals surface area (Å²) in [5.74, 6) is 0. The Morgan fingerprint density at radius 2 is 1.93 bits per heavy atom. The molecule has 0 spiro atoms. The van der Waals surface area contributed by atoms with Gasteiger partial charge in [0.15, 0.2) is 0 Å². The van der Waals surface area contributed by atoms with Crippen LogP contribution in [0.3, 0.4) is 0 Å². The van der Waals surface area contributed by atoms with Gasteiger partial charge in [0, 0.05) is 6.04 Å². The van der Waals surface area contributed by atoms with Crippen LogP contribution < -0.4 is 11.1 Å². The van der Waals surface area contributed by atoms with E-state index in [2.05, 4.69) is 33.0 Å². The predicted molar refractivity (Wildman–Crippen MR) is 66.9 cm³/mol. The van der Waals surface area contributed by atoms with Gasteiger partial charge in [0.2, 0.25) is 0 Å². The second-order valence-electron chi connectivity index (χ2n) is 6.51. The lowest BCUT2D eigenvalue weighted by Crippen LogP contribution is -2.24. The molecule has 0 aromatic rings. The van der Waals surface area contributed by atoms with E-state index >= 15 is 0 Å². The Hall–Kier alpha value is -0.0800. The maximum atomic E-state index is 5.60. The van der Waals surface area contributed by atoms with Crippen LogP contribution in [0.4, 0.5) is 0 Å². The second kappa shape index (κ2) is 4.84. The van der Waals surface area contributed by atoms with Gasteiger partial charge in [0.05, 0.1) is 0 Å². The molecule has 0 saturated heterocycles. The third kappa shape index (κ3) is 4.52. The van der Waals surface area contributed by atoms with Crippen LogP contribution in [-0.2, 0) is 0 Å². The molecule has 0 aromatic heterocycles. The van der Waals surface area contributed by atoms with E-state index in [1.54, 1.807) is 0 Å². The van der Waals surface area contributed by atoms with Gasteiger partial charge in [-0.1, -0.05) is 27.7 Å². The Balaban J connectivity index is 2.02. The van der Waals surface area contributed by atoms with Crippen LogP contribution in [0.2, 0.25) is 0 Å². The molecule has 15 heavy (non-hydrogen) atoms. The number of nitrogens with two attached hydrogens (primary N) is 1. The van der Waals surface area contributed by atoms with Crippen LogP contribution in [0.1, 0.15) is 53.4 Å². The lowest BCUT2D eigenvalue weighted by atomic mass is 9.84. The molecule has 90 valence electrons. The molecule has 0 bridgehead atoms. The summed E-state index contributed by atoms with van der Waals surface area (Å²) >= 11 is 0. The van der Waals surface area contributed by atoms with Gasteiger partial charge < -0.3 is 11.1 Å². The van der Waals surface area contributed by atoms with Crippen LogP contribution in [0.15, 0.2) is 0 Å². The van der Waals surface area contributed by atoms with Crippen molar-refractivity contribution in [2.24, 2.45) is 16.6 Å². The van der Waals surface area contributed by atoms with Gasteiger partial charge in [-0.3, -0.25) is 0 Å². The third-order valence-electron chi connectivity index (χ3n) is 3.76. The maximum Gasteiger partial charge on any atom is 0.0124 e. The molecule has 0 amide bonds. The largest absolute Gasteiger partial charge is 0.330 e. The van der Waals surface area contributed by atoms with Gasteiger partial charge in [-0.05, 0) is 49.6 Å². The standard InChI is InChI=1S/C13H28N2/c1-12(2,7-8-14)6-5-9-15-11-10-13(11,3)4/h11,15H,5-10,14H2,1-4H3. The van der Waals surface area contributed by atoms with E-state index in [0.29, 0.717) is 10.8 Å². The molecule has 0 radical (unpaired) electrons. The van der Waals surface area contributed by atoms with E-state index in [1.165, 1.54) is 25.8 Å². The third-order valence-corrected chi connectivity index (χ3v) is 3.76. The van der Waals surface area contributed by atoms with Crippen molar-refractivity contribution >= 4 is 0 Å². The molecule has 0 aromatic carbocycles. The Bertz CT molecular complexity index is 197. The molecule has 0 aliphatic heterocycles. The monoisotopic (exact) mass is 212 g/mol. The van der Waals surface area contributed by atoms with E-state index < -0.39 is 0 Å². The van der Waals surface area contributed by atoms with Gasteiger partial charge >= 0.3 is 0 Å². The first-order valence-electron chi connectivity index (χ1n) is 6.31. The SMILES string of the molecule is CC(C)(CCN)CCCNC1CC1(C)C. The highest BCUT2D eigenvalue weighted by molar-refractivity contribution is 5.01. The number of nitrogens with one attached hydrogen (secondary N) is 1. The fraction of sp³-hybridized carbons (Fsp3) is 1.00. The molecule has 1 fully saturated rings. The van der Waals surface area contributed by atoms with E-state index in [1.807, 2.05) is 0 Å². The highest BCUT2D eigenvalue weighted by Gasteiger charge is 2.44. The zero-order chi connectivity index (χ0) is 11.5. The summed E-state index contributed by atoms with van der Waals surface area (Å²) in [6, 6.07) is 0.773. The van der Waals surface area contributed by atoms with Crippen molar-refractivity contribution in [3.8, 4) is 0 Å². The van der Waals surface area contributed by atoms with Crippen molar-refractivity contribution in [3.05, 3.63) is 0 Å². The number of hydrogen-bond donors (Lipinski definition) is 2. The van der Waals surface area contributed by atoms with Crippen LogP contribution in [0.5, 0.6) is 0 Å². The summed E-state index contributed by atoms with van der Waals surface area (Å²) < 4.78 is 0. The molecule has 1 rings (SSSR count). The van der Waals surface area contributed by atoms with Crippen LogP contribution >= 0.6 is 0 Å². The average Bonchev–Trinajstić information content (AvgIpc) is 2.68. The quantitative estimate of drug-likeness (QED) is 0.636. The summed E-state index contributed by atoms with van der Waals surface area (Å²) in [5.41, 5.74) is 6.59. The molecule has 1 aliphatic carbocycles. The summed E-state index contributed by atoms with van der Waals surface area (Å²) in [6.45, 7) is 11.3. The molecular formula is C13H28N2. The van der Waals surface area contributed by atoms with E-state index in [-0.39, 0.29) is 0 Å². The molecular weight excluding hydrogens is 184 g/mol. The normalized spacial score (nSPS) is 24.2. The summed E-state index contributed by atoms with van der Waals surface area (Å²) in [5, 5.41) is 3.63. The van der Waals surface area contributed by atoms with Gasteiger partial charge in [-0.2, -0.15) is 0 Å². The summed E-state index contributed by atoms with van der Waals surface area (Å²) in [7, 11) is 0. The van der Waals surface area contributed by atoms with Crippen molar-refractivity contribution in [2.45, 2.75) is 59.4 Å². The first kappa shape index (κ1) is 13.0. The van der Waals surface area contributed by atoms with Crippen molar-refractivity contribution in [2.75, 3.05) is 13.1 Å². The Morgan fingerprint density at radius 1 is 1.33 bits per heavy atom. The smallest absolute Gasteiger partial charge is 0.0124 e. The highest BCUT2D eigenvalue weighted by atomic mass is 15.0. The number of rotatable bonds is 7. The minimum absolute atomic E-state index is 0.426. The van der Waals surface area contributed by atoms with E-state index in [4.69, 9.17) is 5.73 Å². The average molecular weight is 212 g/mol. The fourth-order valence-corrected chi connectivity index (χ4v) is 2.17. The lowest BCUT2D eigenvalue weighted by molar-refractivity contribution is 0.301. The second-order valence-corrected chi connectivity index (χ2v) is 6.51. The minimum Gasteiger partial charge on any atom is -0.330 e. The van der Waals surface area contributed by atoms with Crippen molar-refractivity contribution in [1.82, 2.24) is 5.32 Å². The van der Waals surface area contributed by atoms with Crippen LogP contribution in [0.25, 0.3) is 0 Å². The van der Waals surface area contributed by atoms with Crippen molar-refractivity contribution in [1.29, 1.82) is 0 Å². The molecule has 1 unspecified atom stereocenters. The minimum atomic E-state index is 0.426. The van der Waals surface area contributed by atoms with Gasteiger partial charge in [0.1, 0.15) is 0 Å². The Labute approximate surface area is 95.0 Å². The van der Waals surface area contributed by atoms with Crippen molar-refractivity contribution < 1.29 is 0 Å². The Kier molecular flexibility index (Phi) is 4.19. The Morgan fingerprint density at radius 3 is 2.40 bits per heavy atom. The van der Waals surface area contributed by atoms with Crippen molar-refractivity contribution in [3.63, 3.8) is 0 Å². The maximum absolute atomic E-state index is 5.60. The molecule has 3 N–H and O–H groups in total. The zero-order valence-corrected chi connectivity index (χ0v) is 10.9. The van der Waals surface area contributed by atoms with Crippen LogP contribution in [0, 0.1) is 10.8 Å². The van der Waals surface area contributed by atoms with Gasteiger partial charge in [0.25, 0.3) is 0 Å². The van der Waals surface area contributed by atoms with Gasteiger partial charge in [-0.25, -0.2) is 0 Å². The number of hydrogen-bond acceptors (Lipinski definition) is 2. The molecule has 1 aliphatic rings. The fourth-order valence-electron chi connectivity index (χ4n) is 2.17. The molecule has 2 nitrogen and oxygen atoms in total. The zero-order valence-electron chi connectivity index (χ0n) is 10.9. The lowest BCUT2D eigenvalue weighted by Gasteiger charge is -2.23. The molecule has 1 atom stereocenters. The molecule has 2 heteroatoms. The topological polar surface area (TPSA) is 38.0 Å². The summed E-state index contributed by atoms with van der Waals surface area (Å²) in [4.78, 5) is 0. The summed E-state index contributed by atoms with van der Waals surface area (Å²) in [6.07, 6.45) is 5.05. The first-order valence-corrected chi connectivity index (χ1v) is 6.31. The highest BCUT2D eigenvalue weighted by Crippen LogP contribution is 2.44. The molecule has 0 heterocycles. The predicted octanol–water partition coefficient (Wildman–Crippen LogP) is 2.53.